The number of aromatic nitrogens is 2. The van der Waals surface area contributed by atoms with Crippen molar-refractivity contribution in [2.45, 2.75) is 53.1 Å². The molecule has 1 fully saturated rings. The smallest absolute Gasteiger partial charge is 0.270 e. The van der Waals surface area contributed by atoms with Crippen LogP contribution in [0.5, 0.6) is 0 Å². The van der Waals surface area contributed by atoms with Gasteiger partial charge >= 0.3 is 0 Å². The molecule has 0 spiro atoms. The fraction of sp³-hybridized carbons (Fsp3) is 0.769. The van der Waals surface area contributed by atoms with Gasteiger partial charge in [-0.05, 0) is 40.5 Å². The highest BCUT2D eigenvalue weighted by molar-refractivity contribution is 7.87. The van der Waals surface area contributed by atoms with Gasteiger partial charge in [0.2, 0.25) is 0 Å². The number of nitrogens with zero attached hydrogens (tertiary/aromatic N) is 3. The number of hydrogen-bond donors (Lipinski definition) is 1. The summed E-state index contributed by atoms with van der Waals surface area (Å²) >= 11 is 0. The van der Waals surface area contributed by atoms with Gasteiger partial charge in [-0.3, -0.25) is 4.68 Å². The van der Waals surface area contributed by atoms with Gasteiger partial charge in [0.15, 0.2) is 0 Å². The molecule has 0 aliphatic carbocycles. The van der Waals surface area contributed by atoms with E-state index in [1.165, 1.54) is 4.31 Å². The van der Waals surface area contributed by atoms with E-state index in [-0.39, 0.29) is 6.04 Å². The van der Waals surface area contributed by atoms with Crippen molar-refractivity contribution in [2.75, 3.05) is 13.1 Å². The van der Waals surface area contributed by atoms with Crippen molar-refractivity contribution in [3.8, 4) is 0 Å². The zero-order valence-corrected chi connectivity index (χ0v) is 13.5. The van der Waals surface area contributed by atoms with Gasteiger partial charge < -0.3 is 0 Å². The summed E-state index contributed by atoms with van der Waals surface area (Å²) in [6.07, 6.45) is 1.89. The number of hydrogen-bond acceptors (Lipinski definition) is 3. The fourth-order valence-electron chi connectivity index (χ4n) is 2.93. The Morgan fingerprint density at radius 3 is 2.40 bits per heavy atom. The van der Waals surface area contributed by atoms with Crippen LogP contribution in [0, 0.1) is 13.8 Å². The molecule has 0 saturated carbocycles. The summed E-state index contributed by atoms with van der Waals surface area (Å²) in [5, 5.41) is 4.45. The Labute approximate surface area is 121 Å². The second kappa shape index (κ2) is 5.83. The normalized spacial score (nSPS) is 18.6. The molecule has 1 aliphatic rings. The minimum atomic E-state index is -3.39. The van der Waals surface area contributed by atoms with Crippen LogP contribution >= 0.6 is 0 Å². The summed E-state index contributed by atoms with van der Waals surface area (Å²) in [7, 11) is -3.39. The molecule has 1 aromatic heterocycles. The minimum absolute atomic E-state index is 0.263. The van der Waals surface area contributed by atoms with Crippen molar-refractivity contribution in [3.05, 3.63) is 17.0 Å². The highest BCUT2D eigenvalue weighted by atomic mass is 32.2. The molecule has 0 radical (unpaired) electrons. The van der Waals surface area contributed by atoms with E-state index in [1.54, 1.807) is 0 Å². The van der Waals surface area contributed by atoms with Crippen LogP contribution in [0.4, 0.5) is 0 Å². The predicted octanol–water partition coefficient (Wildman–Crippen LogP) is 1.51. The molecular weight excluding hydrogens is 276 g/mol. The van der Waals surface area contributed by atoms with E-state index in [9.17, 15) is 8.42 Å². The first kappa shape index (κ1) is 15.5. The Morgan fingerprint density at radius 1 is 1.30 bits per heavy atom. The molecule has 1 aliphatic heterocycles. The lowest BCUT2D eigenvalue weighted by Crippen LogP contribution is -2.40. The Balaban J connectivity index is 2.20. The summed E-state index contributed by atoms with van der Waals surface area (Å²) in [6, 6.07) is -0.263. The fourth-order valence-corrected chi connectivity index (χ4v) is 4.38. The van der Waals surface area contributed by atoms with E-state index in [2.05, 4.69) is 9.82 Å². The Kier molecular flexibility index (Phi) is 4.51. The monoisotopic (exact) mass is 300 g/mol. The standard InChI is InChI=1S/C13H24N4O2S/c1-5-17-12(4)13(10(2)14-17)11(3)15-20(18,19)16-8-6-7-9-16/h11,15H,5-9H2,1-4H3/t11-/m0/s1. The van der Waals surface area contributed by atoms with Crippen LogP contribution in [0.1, 0.15) is 49.7 Å². The Bertz CT molecular complexity index is 573. The van der Waals surface area contributed by atoms with Gasteiger partial charge in [-0.1, -0.05) is 0 Å². The van der Waals surface area contributed by atoms with Crippen LogP contribution < -0.4 is 4.72 Å². The van der Waals surface area contributed by atoms with Crippen LogP contribution in [0.15, 0.2) is 0 Å². The summed E-state index contributed by atoms with van der Waals surface area (Å²) in [4.78, 5) is 0. The third-order valence-corrected chi connectivity index (χ3v) is 5.60. The third kappa shape index (κ3) is 2.89. The van der Waals surface area contributed by atoms with Crippen LogP contribution in [-0.2, 0) is 16.8 Å². The lowest BCUT2D eigenvalue weighted by molar-refractivity contribution is 0.456. The topological polar surface area (TPSA) is 67.2 Å². The first-order valence-corrected chi connectivity index (χ1v) is 8.62. The van der Waals surface area contributed by atoms with E-state index in [0.29, 0.717) is 13.1 Å². The minimum Gasteiger partial charge on any atom is -0.270 e. The molecule has 1 atom stereocenters. The Hall–Kier alpha value is -0.920. The maximum atomic E-state index is 12.3. The van der Waals surface area contributed by atoms with Crippen LogP contribution in [0.3, 0.4) is 0 Å². The van der Waals surface area contributed by atoms with E-state index in [0.717, 1.165) is 36.3 Å². The first-order valence-electron chi connectivity index (χ1n) is 7.18. The Morgan fingerprint density at radius 2 is 1.90 bits per heavy atom. The lowest BCUT2D eigenvalue weighted by Gasteiger charge is -2.20. The molecule has 0 aromatic carbocycles. The molecule has 20 heavy (non-hydrogen) atoms. The molecule has 2 rings (SSSR count). The number of aryl methyl sites for hydroxylation is 2. The summed E-state index contributed by atoms with van der Waals surface area (Å²) in [5.74, 6) is 0. The van der Waals surface area contributed by atoms with Crippen LogP contribution in [0.2, 0.25) is 0 Å². The van der Waals surface area contributed by atoms with Crippen molar-refractivity contribution in [1.29, 1.82) is 0 Å². The van der Waals surface area contributed by atoms with Crippen LogP contribution in [0.25, 0.3) is 0 Å². The molecule has 2 heterocycles. The molecule has 7 heteroatoms. The van der Waals surface area contributed by atoms with Gasteiger partial charge in [0.1, 0.15) is 0 Å². The maximum absolute atomic E-state index is 12.3. The molecule has 1 N–H and O–H groups in total. The van der Waals surface area contributed by atoms with Crippen LogP contribution in [-0.4, -0.2) is 35.6 Å². The van der Waals surface area contributed by atoms with E-state index >= 15 is 0 Å². The molecule has 6 nitrogen and oxygen atoms in total. The SMILES string of the molecule is CCn1nc(C)c([C@H](C)NS(=O)(=O)N2CCCC2)c1C. The first-order chi connectivity index (χ1) is 9.36. The van der Waals surface area contributed by atoms with Crippen molar-refractivity contribution in [1.82, 2.24) is 18.8 Å². The maximum Gasteiger partial charge on any atom is 0.279 e. The van der Waals surface area contributed by atoms with E-state index < -0.39 is 10.2 Å². The lowest BCUT2D eigenvalue weighted by atomic mass is 10.1. The average molecular weight is 300 g/mol. The van der Waals surface area contributed by atoms with Crippen molar-refractivity contribution in [3.63, 3.8) is 0 Å². The van der Waals surface area contributed by atoms with Gasteiger partial charge in [-0.25, -0.2) is 0 Å². The van der Waals surface area contributed by atoms with Crippen molar-refractivity contribution < 1.29 is 8.42 Å². The molecular formula is C13H24N4O2S. The predicted molar refractivity (Wildman–Crippen MR) is 78.7 cm³/mol. The zero-order valence-electron chi connectivity index (χ0n) is 12.7. The summed E-state index contributed by atoms with van der Waals surface area (Å²) in [6.45, 7) is 9.85. The largest absolute Gasteiger partial charge is 0.279 e. The van der Waals surface area contributed by atoms with Gasteiger partial charge in [0.05, 0.1) is 5.69 Å². The highest BCUT2D eigenvalue weighted by Gasteiger charge is 2.28. The van der Waals surface area contributed by atoms with Crippen molar-refractivity contribution in [2.24, 2.45) is 0 Å². The highest BCUT2D eigenvalue weighted by Crippen LogP contribution is 2.23. The quantitative estimate of drug-likeness (QED) is 0.896. The molecule has 1 saturated heterocycles. The average Bonchev–Trinajstić information content (AvgIpc) is 2.97. The van der Waals surface area contributed by atoms with Gasteiger partial charge in [0, 0.05) is 36.9 Å². The molecule has 0 bridgehead atoms. The van der Waals surface area contributed by atoms with E-state index in [1.807, 2.05) is 32.4 Å². The third-order valence-electron chi connectivity index (χ3n) is 3.90. The van der Waals surface area contributed by atoms with Gasteiger partial charge in [0.25, 0.3) is 10.2 Å². The molecule has 0 amide bonds. The molecule has 0 unspecified atom stereocenters. The zero-order chi connectivity index (χ0) is 14.9. The second-order valence-electron chi connectivity index (χ2n) is 5.35. The summed E-state index contributed by atoms with van der Waals surface area (Å²) < 4.78 is 30.8. The number of rotatable bonds is 5. The molecule has 114 valence electrons. The second-order valence-corrected chi connectivity index (χ2v) is 7.05. The van der Waals surface area contributed by atoms with Gasteiger partial charge in [-0.2, -0.15) is 22.5 Å². The van der Waals surface area contributed by atoms with Gasteiger partial charge in [-0.15, -0.1) is 0 Å². The molecule has 1 aromatic rings. The van der Waals surface area contributed by atoms with Crippen molar-refractivity contribution >= 4 is 10.2 Å². The number of nitrogens with one attached hydrogen (secondary N) is 1. The summed E-state index contributed by atoms with van der Waals surface area (Å²) in [5.41, 5.74) is 2.90. The van der Waals surface area contributed by atoms with E-state index in [4.69, 9.17) is 0 Å².